The maximum Gasteiger partial charge on any atom is 0.335 e. The number of carboxylic acid groups (broad SMARTS) is 1. The SMILES string of the molecule is NC[C@H](NC(=O)c1ccc(C(=O)O)cc1)C1CCCCC1. The first-order valence-electron chi connectivity index (χ1n) is 7.46. The van der Waals surface area contributed by atoms with E-state index in [0.29, 0.717) is 18.0 Å². The van der Waals surface area contributed by atoms with Gasteiger partial charge < -0.3 is 16.2 Å². The number of hydrogen-bond donors (Lipinski definition) is 3. The van der Waals surface area contributed by atoms with Crippen molar-refractivity contribution in [3.63, 3.8) is 0 Å². The number of amides is 1. The number of nitrogens with two attached hydrogens (primary N) is 1. The lowest BCUT2D eigenvalue weighted by Gasteiger charge is -2.30. The maximum absolute atomic E-state index is 12.2. The summed E-state index contributed by atoms with van der Waals surface area (Å²) in [6.07, 6.45) is 5.88. The van der Waals surface area contributed by atoms with Crippen LogP contribution in [0.1, 0.15) is 52.8 Å². The van der Waals surface area contributed by atoms with Crippen LogP contribution >= 0.6 is 0 Å². The normalized spacial score (nSPS) is 17.2. The van der Waals surface area contributed by atoms with E-state index in [2.05, 4.69) is 5.32 Å². The zero-order valence-electron chi connectivity index (χ0n) is 12.0. The van der Waals surface area contributed by atoms with Crippen LogP contribution in [0, 0.1) is 5.92 Å². The van der Waals surface area contributed by atoms with Gasteiger partial charge in [0.2, 0.25) is 0 Å². The van der Waals surface area contributed by atoms with Crippen molar-refractivity contribution in [2.45, 2.75) is 38.1 Å². The third kappa shape index (κ3) is 4.04. The highest BCUT2D eigenvalue weighted by Crippen LogP contribution is 2.26. The molecule has 5 nitrogen and oxygen atoms in total. The van der Waals surface area contributed by atoms with Gasteiger partial charge in [-0.3, -0.25) is 4.79 Å². The number of benzene rings is 1. The smallest absolute Gasteiger partial charge is 0.335 e. The molecule has 1 amide bonds. The van der Waals surface area contributed by atoms with Crippen LogP contribution in [0.5, 0.6) is 0 Å². The number of hydrogen-bond acceptors (Lipinski definition) is 3. The Hall–Kier alpha value is -1.88. The predicted molar refractivity (Wildman–Crippen MR) is 80.3 cm³/mol. The molecule has 1 saturated carbocycles. The van der Waals surface area contributed by atoms with Gasteiger partial charge in [0.25, 0.3) is 5.91 Å². The summed E-state index contributed by atoms with van der Waals surface area (Å²) >= 11 is 0. The van der Waals surface area contributed by atoms with Crippen molar-refractivity contribution in [3.8, 4) is 0 Å². The fourth-order valence-electron chi connectivity index (χ4n) is 2.92. The maximum atomic E-state index is 12.2. The van der Waals surface area contributed by atoms with Gasteiger partial charge in [-0.15, -0.1) is 0 Å². The summed E-state index contributed by atoms with van der Waals surface area (Å²) in [6, 6.07) is 5.95. The first-order valence-corrected chi connectivity index (χ1v) is 7.46. The topological polar surface area (TPSA) is 92.4 Å². The summed E-state index contributed by atoms with van der Waals surface area (Å²) in [4.78, 5) is 23.0. The molecule has 21 heavy (non-hydrogen) atoms. The third-order valence-corrected chi connectivity index (χ3v) is 4.18. The molecule has 2 rings (SSSR count). The van der Waals surface area contributed by atoms with Crippen molar-refractivity contribution in [1.82, 2.24) is 5.32 Å². The quantitative estimate of drug-likeness (QED) is 0.773. The molecule has 0 radical (unpaired) electrons. The first-order chi connectivity index (χ1) is 10.1. The van der Waals surface area contributed by atoms with E-state index in [0.717, 1.165) is 12.8 Å². The van der Waals surface area contributed by atoms with Gasteiger partial charge in [-0.25, -0.2) is 4.79 Å². The van der Waals surface area contributed by atoms with Gasteiger partial charge in [0.1, 0.15) is 0 Å². The molecule has 114 valence electrons. The van der Waals surface area contributed by atoms with Gasteiger partial charge in [0.15, 0.2) is 0 Å². The van der Waals surface area contributed by atoms with Gasteiger partial charge in [0.05, 0.1) is 5.56 Å². The average molecular weight is 290 g/mol. The van der Waals surface area contributed by atoms with E-state index in [1.165, 1.54) is 43.5 Å². The highest BCUT2D eigenvalue weighted by molar-refractivity contribution is 5.96. The van der Waals surface area contributed by atoms with E-state index in [9.17, 15) is 9.59 Å². The molecule has 5 heteroatoms. The molecule has 0 aliphatic heterocycles. The predicted octanol–water partition coefficient (Wildman–Crippen LogP) is 2.02. The second-order valence-electron chi connectivity index (χ2n) is 5.60. The number of carbonyl (C=O) groups excluding carboxylic acids is 1. The Kier molecular flexibility index (Phi) is 5.33. The van der Waals surface area contributed by atoms with E-state index in [-0.39, 0.29) is 17.5 Å². The Morgan fingerprint density at radius 1 is 1.14 bits per heavy atom. The third-order valence-electron chi connectivity index (χ3n) is 4.18. The van der Waals surface area contributed by atoms with Crippen molar-refractivity contribution in [1.29, 1.82) is 0 Å². The molecular weight excluding hydrogens is 268 g/mol. The highest BCUT2D eigenvalue weighted by Gasteiger charge is 2.24. The molecule has 4 N–H and O–H groups in total. The zero-order valence-corrected chi connectivity index (χ0v) is 12.0. The van der Waals surface area contributed by atoms with Crippen molar-refractivity contribution in [2.24, 2.45) is 11.7 Å². The Morgan fingerprint density at radius 3 is 2.24 bits per heavy atom. The molecule has 1 aromatic carbocycles. The van der Waals surface area contributed by atoms with E-state index in [1.807, 2.05) is 0 Å². The molecule has 0 unspecified atom stereocenters. The molecule has 0 spiro atoms. The molecule has 0 aromatic heterocycles. The minimum atomic E-state index is -0.996. The van der Waals surface area contributed by atoms with Crippen LogP contribution in [0.25, 0.3) is 0 Å². The van der Waals surface area contributed by atoms with Crippen LogP contribution in [0.3, 0.4) is 0 Å². The Bertz CT molecular complexity index is 493. The largest absolute Gasteiger partial charge is 0.478 e. The Balaban J connectivity index is 1.99. The Labute approximate surface area is 124 Å². The van der Waals surface area contributed by atoms with Crippen LogP contribution in [-0.2, 0) is 0 Å². The van der Waals surface area contributed by atoms with Gasteiger partial charge >= 0.3 is 5.97 Å². The fourth-order valence-corrected chi connectivity index (χ4v) is 2.92. The van der Waals surface area contributed by atoms with E-state index < -0.39 is 5.97 Å². The van der Waals surface area contributed by atoms with E-state index in [1.54, 1.807) is 0 Å². The number of carboxylic acids is 1. The first kappa shape index (κ1) is 15.5. The summed E-state index contributed by atoms with van der Waals surface area (Å²) in [5, 5.41) is 11.8. The highest BCUT2D eigenvalue weighted by atomic mass is 16.4. The zero-order chi connectivity index (χ0) is 15.2. The van der Waals surface area contributed by atoms with Crippen molar-refractivity contribution < 1.29 is 14.7 Å². The minimum absolute atomic E-state index is 0.00282. The van der Waals surface area contributed by atoms with Crippen LogP contribution in [0.2, 0.25) is 0 Å². The lowest BCUT2D eigenvalue weighted by atomic mass is 9.84. The van der Waals surface area contributed by atoms with Gasteiger partial charge in [-0.2, -0.15) is 0 Å². The number of rotatable bonds is 5. The molecule has 1 aliphatic rings. The van der Waals surface area contributed by atoms with E-state index >= 15 is 0 Å². The fraction of sp³-hybridized carbons (Fsp3) is 0.500. The summed E-state index contributed by atoms with van der Waals surface area (Å²) in [5.41, 5.74) is 6.44. The monoisotopic (exact) mass is 290 g/mol. The van der Waals surface area contributed by atoms with Gasteiger partial charge in [-0.1, -0.05) is 19.3 Å². The minimum Gasteiger partial charge on any atom is -0.478 e. The standard InChI is InChI=1S/C16H22N2O3/c17-10-14(11-4-2-1-3-5-11)18-15(19)12-6-8-13(9-7-12)16(20)21/h6-9,11,14H,1-5,10,17H2,(H,18,19)(H,20,21)/t14-/m0/s1. The molecule has 0 bridgehead atoms. The van der Waals surface area contributed by atoms with Gasteiger partial charge in [-0.05, 0) is 43.0 Å². The van der Waals surface area contributed by atoms with Crippen LogP contribution in [-0.4, -0.2) is 29.6 Å². The number of carbonyl (C=O) groups is 2. The summed E-state index contributed by atoms with van der Waals surface area (Å²) in [7, 11) is 0. The molecule has 1 aliphatic carbocycles. The number of aromatic carboxylic acids is 1. The molecule has 0 heterocycles. The lowest BCUT2D eigenvalue weighted by molar-refractivity contribution is 0.0696. The van der Waals surface area contributed by atoms with Crippen molar-refractivity contribution in [3.05, 3.63) is 35.4 Å². The summed E-state index contributed by atoms with van der Waals surface area (Å²) < 4.78 is 0. The second-order valence-corrected chi connectivity index (χ2v) is 5.60. The molecule has 1 atom stereocenters. The summed E-state index contributed by atoms with van der Waals surface area (Å²) in [6.45, 7) is 0.434. The van der Waals surface area contributed by atoms with Crippen LogP contribution in [0.4, 0.5) is 0 Å². The van der Waals surface area contributed by atoms with Crippen LogP contribution in [0.15, 0.2) is 24.3 Å². The summed E-state index contributed by atoms with van der Waals surface area (Å²) in [5.74, 6) is -0.733. The van der Waals surface area contributed by atoms with E-state index in [4.69, 9.17) is 10.8 Å². The lowest BCUT2D eigenvalue weighted by Crippen LogP contribution is -2.45. The molecule has 1 aromatic rings. The van der Waals surface area contributed by atoms with Gasteiger partial charge in [0, 0.05) is 18.2 Å². The van der Waals surface area contributed by atoms with Crippen molar-refractivity contribution in [2.75, 3.05) is 6.54 Å². The molecular formula is C16H22N2O3. The Morgan fingerprint density at radius 2 is 1.71 bits per heavy atom. The average Bonchev–Trinajstić information content (AvgIpc) is 2.53. The molecule has 1 fully saturated rings. The second kappa shape index (κ2) is 7.22. The molecule has 0 saturated heterocycles. The number of nitrogens with one attached hydrogen (secondary N) is 1. The van der Waals surface area contributed by atoms with Crippen LogP contribution < -0.4 is 11.1 Å². The van der Waals surface area contributed by atoms with Crippen molar-refractivity contribution >= 4 is 11.9 Å².